The Balaban J connectivity index is 0.00000228. The highest BCUT2D eigenvalue weighted by molar-refractivity contribution is 7.13. The Hall–Kier alpha value is -3.74. The molecule has 0 bridgehead atoms. The molecule has 0 aliphatic carbocycles. The van der Waals surface area contributed by atoms with Gasteiger partial charge >= 0.3 is 0 Å². The fraction of sp³-hybridized carbons (Fsp3) is 0.0385. The molecule has 0 atom stereocenters. The monoisotopic (exact) mass is 469 g/mol. The minimum atomic E-state index is 0. The summed E-state index contributed by atoms with van der Waals surface area (Å²) in [4.78, 5) is 17.3. The highest BCUT2D eigenvalue weighted by atomic mass is 35.5. The largest absolute Gasteiger partial charge is 0.354 e. The number of aromatic amines is 1. The average molecular weight is 470 g/mol. The van der Waals surface area contributed by atoms with Gasteiger partial charge in [-0.25, -0.2) is 9.97 Å². The lowest BCUT2D eigenvalue weighted by atomic mass is 10.1. The maximum Gasteiger partial charge on any atom is 0.140 e. The predicted octanol–water partition coefficient (Wildman–Crippen LogP) is 7.38. The van der Waals surface area contributed by atoms with Crippen LogP contribution >= 0.6 is 23.7 Å². The summed E-state index contributed by atoms with van der Waals surface area (Å²) in [5.74, 6) is 0.845. The van der Waals surface area contributed by atoms with E-state index >= 15 is 0 Å². The van der Waals surface area contributed by atoms with E-state index in [0.717, 1.165) is 55.3 Å². The Morgan fingerprint density at radius 3 is 2.64 bits per heavy atom. The van der Waals surface area contributed by atoms with Gasteiger partial charge in [0.1, 0.15) is 10.8 Å². The van der Waals surface area contributed by atoms with Crippen LogP contribution < -0.4 is 5.32 Å². The third kappa shape index (κ3) is 3.95. The fourth-order valence-electron chi connectivity index (χ4n) is 3.95. The number of halogens is 1. The van der Waals surface area contributed by atoms with Gasteiger partial charge in [0.05, 0.1) is 16.6 Å². The normalized spacial score (nSPS) is 10.9. The van der Waals surface area contributed by atoms with Crippen LogP contribution in [0, 0.1) is 6.92 Å². The number of fused-ring (bicyclic) bond motifs is 2. The fourth-order valence-corrected chi connectivity index (χ4v) is 4.59. The molecule has 0 saturated heterocycles. The van der Waals surface area contributed by atoms with E-state index in [1.54, 1.807) is 11.3 Å². The van der Waals surface area contributed by atoms with Crippen LogP contribution in [0.2, 0.25) is 0 Å². The van der Waals surface area contributed by atoms with Crippen LogP contribution in [0.4, 0.5) is 11.4 Å². The number of para-hydroxylation sites is 1. The van der Waals surface area contributed by atoms with Gasteiger partial charge in [-0.05, 0) is 48.9 Å². The number of rotatable bonds is 4. The lowest BCUT2D eigenvalue weighted by Gasteiger charge is -2.13. The number of thiazole rings is 1. The molecule has 33 heavy (non-hydrogen) atoms. The number of aryl methyl sites for hydroxylation is 1. The molecule has 7 heteroatoms. The van der Waals surface area contributed by atoms with E-state index in [1.807, 2.05) is 36.0 Å². The van der Waals surface area contributed by atoms with Crippen molar-refractivity contribution in [2.24, 2.45) is 0 Å². The zero-order valence-electron chi connectivity index (χ0n) is 17.7. The van der Waals surface area contributed by atoms with Crippen LogP contribution in [0.3, 0.4) is 0 Å². The Morgan fingerprint density at radius 1 is 0.848 bits per heavy atom. The summed E-state index contributed by atoms with van der Waals surface area (Å²) in [5, 5.41) is 7.65. The number of hydrogen-bond acceptors (Lipinski definition) is 5. The highest BCUT2D eigenvalue weighted by Crippen LogP contribution is 2.33. The Kier molecular flexibility index (Phi) is 5.54. The summed E-state index contributed by atoms with van der Waals surface area (Å²) < 4.78 is 0. The molecule has 0 saturated carbocycles. The van der Waals surface area contributed by atoms with Crippen molar-refractivity contribution in [2.45, 2.75) is 6.92 Å². The molecule has 3 aromatic carbocycles. The predicted molar refractivity (Wildman–Crippen MR) is 140 cm³/mol. The van der Waals surface area contributed by atoms with Gasteiger partial charge in [-0.2, -0.15) is 0 Å². The van der Waals surface area contributed by atoms with Gasteiger partial charge in [-0.15, -0.1) is 23.7 Å². The number of benzene rings is 3. The van der Waals surface area contributed by atoms with Crippen LogP contribution in [0.1, 0.15) is 5.56 Å². The molecule has 0 aliphatic heterocycles. The first-order valence-corrected chi connectivity index (χ1v) is 11.2. The minimum absolute atomic E-state index is 0. The summed E-state index contributed by atoms with van der Waals surface area (Å²) in [5.41, 5.74) is 8.22. The van der Waals surface area contributed by atoms with Gasteiger partial charge in [0.2, 0.25) is 0 Å². The maximum absolute atomic E-state index is 4.82. The molecule has 0 fully saturated rings. The lowest BCUT2D eigenvalue weighted by molar-refractivity contribution is 1.33. The summed E-state index contributed by atoms with van der Waals surface area (Å²) in [6.07, 6.45) is 3.66. The number of nitrogens with one attached hydrogen (secondary N) is 2. The standard InChI is InChI=1S/C26H19N5S.ClH/c1-16-6-9-22-24(14-16)31-25(30-22)19-4-2-3-5-20(19)29-21-10-11-27-23-15-17(7-8-18(21)23)26-28-12-13-32-26;/h2-15H,1H3,(H,27,29)(H,30,31);1H. The van der Waals surface area contributed by atoms with Crippen molar-refractivity contribution in [2.75, 3.05) is 5.32 Å². The van der Waals surface area contributed by atoms with Gasteiger partial charge in [0, 0.05) is 45.7 Å². The van der Waals surface area contributed by atoms with Gasteiger partial charge < -0.3 is 10.3 Å². The van der Waals surface area contributed by atoms with E-state index in [9.17, 15) is 0 Å². The number of nitrogens with zero attached hydrogens (tertiary/aromatic N) is 3. The Labute approximate surface area is 201 Å². The summed E-state index contributed by atoms with van der Waals surface area (Å²) in [6.45, 7) is 2.09. The second kappa shape index (κ2) is 8.65. The van der Waals surface area contributed by atoms with E-state index < -0.39 is 0 Å². The molecule has 0 unspecified atom stereocenters. The zero-order chi connectivity index (χ0) is 21.5. The van der Waals surface area contributed by atoms with Crippen molar-refractivity contribution in [1.29, 1.82) is 0 Å². The SMILES string of the molecule is Cc1ccc2nc(-c3ccccc3Nc3ccnc4cc(-c5nccs5)ccc34)[nH]c2c1.Cl. The topological polar surface area (TPSA) is 66.5 Å². The molecule has 0 amide bonds. The Morgan fingerprint density at radius 2 is 1.76 bits per heavy atom. The van der Waals surface area contributed by atoms with E-state index in [2.05, 4.69) is 75.7 Å². The van der Waals surface area contributed by atoms with E-state index in [-0.39, 0.29) is 12.4 Å². The van der Waals surface area contributed by atoms with Crippen molar-refractivity contribution in [1.82, 2.24) is 19.9 Å². The molecule has 6 aromatic rings. The first kappa shape index (κ1) is 21.1. The smallest absolute Gasteiger partial charge is 0.140 e. The van der Waals surface area contributed by atoms with Crippen LogP contribution in [-0.4, -0.2) is 19.9 Å². The summed E-state index contributed by atoms with van der Waals surface area (Å²) >= 11 is 1.63. The summed E-state index contributed by atoms with van der Waals surface area (Å²) in [6, 6.07) is 22.8. The van der Waals surface area contributed by atoms with E-state index in [0.29, 0.717) is 0 Å². The van der Waals surface area contributed by atoms with Crippen LogP contribution in [0.25, 0.3) is 43.9 Å². The first-order valence-electron chi connectivity index (χ1n) is 10.4. The summed E-state index contributed by atoms with van der Waals surface area (Å²) in [7, 11) is 0. The third-order valence-electron chi connectivity index (χ3n) is 5.51. The molecule has 2 N–H and O–H groups in total. The van der Waals surface area contributed by atoms with Crippen molar-refractivity contribution in [3.63, 3.8) is 0 Å². The lowest BCUT2D eigenvalue weighted by Crippen LogP contribution is -1.96. The van der Waals surface area contributed by atoms with Crippen LogP contribution in [-0.2, 0) is 0 Å². The molecule has 0 aliphatic rings. The quantitative estimate of drug-likeness (QED) is 0.282. The van der Waals surface area contributed by atoms with Crippen LogP contribution in [0.5, 0.6) is 0 Å². The zero-order valence-corrected chi connectivity index (χ0v) is 19.4. The number of imidazole rings is 1. The molecule has 6 rings (SSSR count). The second-order valence-corrected chi connectivity index (χ2v) is 8.60. The van der Waals surface area contributed by atoms with E-state index in [4.69, 9.17) is 4.98 Å². The Bertz CT molecular complexity index is 1570. The highest BCUT2D eigenvalue weighted by Gasteiger charge is 2.12. The molecule has 0 radical (unpaired) electrons. The van der Waals surface area contributed by atoms with Crippen molar-refractivity contribution in [3.05, 3.63) is 90.1 Å². The second-order valence-electron chi connectivity index (χ2n) is 7.70. The van der Waals surface area contributed by atoms with Crippen molar-refractivity contribution < 1.29 is 0 Å². The number of anilines is 2. The molecule has 162 valence electrons. The molecule has 5 nitrogen and oxygen atoms in total. The molecule has 3 aromatic heterocycles. The molecular formula is C26H20ClN5S. The third-order valence-corrected chi connectivity index (χ3v) is 6.33. The van der Waals surface area contributed by atoms with Crippen LogP contribution in [0.15, 0.2) is 84.5 Å². The number of pyridine rings is 1. The number of aromatic nitrogens is 4. The van der Waals surface area contributed by atoms with Gasteiger partial charge in [-0.3, -0.25) is 4.98 Å². The van der Waals surface area contributed by atoms with Crippen molar-refractivity contribution >= 4 is 57.1 Å². The number of hydrogen-bond donors (Lipinski definition) is 2. The number of H-pyrrole nitrogens is 1. The van der Waals surface area contributed by atoms with Crippen molar-refractivity contribution in [3.8, 4) is 22.0 Å². The average Bonchev–Trinajstić information content (AvgIpc) is 3.49. The van der Waals surface area contributed by atoms with Gasteiger partial charge in [0.15, 0.2) is 0 Å². The molecule has 0 spiro atoms. The van der Waals surface area contributed by atoms with Gasteiger partial charge in [0.25, 0.3) is 0 Å². The minimum Gasteiger partial charge on any atom is -0.354 e. The maximum atomic E-state index is 4.82. The molecular weight excluding hydrogens is 450 g/mol. The molecule has 3 heterocycles. The van der Waals surface area contributed by atoms with Gasteiger partial charge in [-0.1, -0.05) is 30.3 Å². The van der Waals surface area contributed by atoms with E-state index in [1.165, 1.54) is 5.56 Å². The first-order chi connectivity index (χ1) is 15.7.